The first kappa shape index (κ1) is 29.8. The topological polar surface area (TPSA) is 55.1 Å². The van der Waals surface area contributed by atoms with Gasteiger partial charge in [-0.3, -0.25) is 9.97 Å². The molecule has 0 atom stereocenters. The molecule has 0 N–H and O–H groups in total. The maximum absolute atomic E-state index is 6.09. The summed E-state index contributed by atoms with van der Waals surface area (Å²) in [5.74, 6) is 0. The van der Waals surface area contributed by atoms with Gasteiger partial charge < -0.3 is 9.32 Å². The fourth-order valence-corrected chi connectivity index (χ4v) is 7.04. The Morgan fingerprint density at radius 3 is 1.38 bits per heavy atom. The Morgan fingerprint density at radius 1 is 0.385 bits per heavy atom. The zero-order valence-electron chi connectivity index (χ0n) is 28.0. The van der Waals surface area contributed by atoms with Gasteiger partial charge in [-0.2, -0.15) is 0 Å². The highest BCUT2D eigenvalue weighted by molar-refractivity contribution is 6.04. The maximum atomic E-state index is 6.09. The number of pyridine rings is 3. The molecule has 0 radical (unpaired) electrons. The summed E-state index contributed by atoms with van der Waals surface area (Å²) < 4.78 is 6.09. The Bertz CT molecular complexity index is 2770. The van der Waals surface area contributed by atoms with Crippen LogP contribution in [0.15, 0.2) is 187 Å². The highest BCUT2D eigenvalue weighted by Gasteiger charge is 2.15. The van der Waals surface area contributed by atoms with E-state index in [1.54, 1.807) is 0 Å². The summed E-state index contributed by atoms with van der Waals surface area (Å²) in [4.78, 5) is 16.7. The Morgan fingerprint density at radius 2 is 0.846 bits per heavy atom. The number of benzene rings is 6. The first-order valence-electron chi connectivity index (χ1n) is 17.3. The van der Waals surface area contributed by atoms with E-state index in [-0.39, 0.29) is 0 Å². The highest BCUT2D eigenvalue weighted by atomic mass is 16.3. The number of para-hydroxylation sites is 1. The number of anilines is 3. The third-order valence-corrected chi connectivity index (χ3v) is 9.77. The van der Waals surface area contributed by atoms with Gasteiger partial charge in [0.15, 0.2) is 0 Å². The molecule has 0 saturated heterocycles. The summed E-state index contributed by atoms with van der Waals surface area (Å²) in [6.45, 7) is 0. The number of fused-ring (bicyclic) bond motifs is 5. The van der Waals surface area contributed by atoms with Gasteiger partial charge in [-0.25, -0.2) is 4.98 Å². The number of furan rings is 1. The van der Waals surface area contributed by atoms with Crippen LogP contribution in [0.1, 0.15) is 0 Å². The monoisotopic (exact) mass is 666 g/mol. The minimum atomic E-state index is 0.645. The average molecular weight is 667 g/mol. The van der Waals surface area contributed by atoms with E-state index in [9.17, 15) is 0 Å². The molecule has 10 aromatic rings. The van der Waals surface area contributed by atoms with Crippen LogP contribution in [0.5, 0.6) is 0 Å². The first-order chi connectivity index (χ1) is 25.7. The van der Waals surface area contributed by atoms with Gasteiger partial charge in [0.2, 0.25) is 5.71 Å². The van der Waals surface area contributed by atoms with Gasteiger partial charge in [0, 0.05) is 67.7 Å². The van der Waals surface area contributed by atoms with Gasteiger partial charge in [0.1, 0.15) is 5.58 Å². The van der Waals surface area contributed by atoms with Gasteiger partial charge in [-0.15, -0.1) is 0 Å². The van der Waals surface area contributed by atoms with Crippen molar-refractivity contribution >= 4 is 60.7 Å². The third-order valence-electron chi connectivity index (χ3n) is 9.77. The maximum Gasteiger partial charge on any atom is 0.227 e. The molecule has 5 nitrogen and oxygen atoms in total. The van der Waals surface area contributed by atoms with Crippen molar-refractivity contribution in [2.45, 2.75) is 0 Å². The lowest BCUT2D eigenvalue weighted by atomic mass is 10.0. The molecule has 244 valence electrons. The highest BCUT2D eigenvalue weighted by Crippen LogP contribution is 2.38. The predicted molar refractivity (Wildman–Crippen MR) is 213 cm³/mol. The molecule has 0 unspecified atom stereocenters. The summed E-state index contributed by atoms with van der Waals surface area (Å²) in [6.07, 6.45) is 3.89. The summed E-state index contributed by atoms with van der Waals surface area (Å²) in [5, 5.41) is 6.71. The average Bonchev–Trinajstić information content (AvgIpc) is 3.59. The van der Waals surface area contributed by atoms with E-state index in [1.807, 2.05) is 42.7 Å². The molecule has 4 heterocycles. The van der Waals surface area contributed by atoms with Crippen molar-refractivity contribution in [3.63, 3.8) is 0 Å². The molecule has 52 heavy (non-hydrogen) atoms. The molecule has 4 aromatic heterocycles. The molecule has 0 amide bonds. The van der Waals surface area contributed by atoms with Crippen LogP contribution in [0.3, 0.4) is 0 Å². The Labute approximate surface area is 300 Å². The summed E-state index contributed by atoms with van der Waals surface area (Å²) in [6, 6.07) is 59.0. The van der Waals surface area contributed by atoms with Crippen molar-refractivity contribution in [1.29, 1.82) is 0 Å². The lowest BCUT2D eigenvalue weighted by molar-refractivity contribution is 0.654. The van der Waals surface area contributed by atoms with Crippen molar-refractivity contribution in [1.82, 2.24) is 15.0 Å². The van der Waals surface area contributed by atoms with Crippen LogP contribution >= 0.6 is 0 Å². The van der Waals surface area contributed by atoms with Crippen molar-refractivity contribution in [3.8, 4) is 33.8 Å². The number of aromatic nitrogens is 3. The molecule has 0 fully saturated rings. The standard InChI is InChI=1S/C47H30N4O/c1-3-9-36-29-48-44(27-34(36)7-1)32-15-21-39(22-16-32)51(40-23-17-33(18-24-40)45-28-35-8-2-4-10-37(35)30-49-45)38-19-13-31(14-20-38)43-26-25-42-41-11-5-6-12-46(41)52-47(42)50-43/h1-30H. The minimum Gasteiger partial charge on any atom is -0.438 e. The Balaban J connectivity index is 1.02. The van der Waals surface area contributed by atoms with Gasteiger partial charge >= 0.3 is 0 Å². The van der Waals surface area contributed by atoms with Crippen molar-refractivity contribution in [2.24, 2.45) is 0 Å². The Hall–Kier alpha value is -7.11. The second-order valence-electron chi connectivity index (χ2n) is 13.0. The minimum absolute atomic E-state index is 0.645. The fraction of sp³-hybridized carbons (Fsp3) is 0. The molecule has 6 aromatic carbocycles. The van der Waals surface area contributed by atoms with Gasteiger partial charge in [0.05, 0.1) is 17.1 Å². The van der Waals surface area contributed by atoms with E-state index in [0.29, 0.717) is 5.71 Å². The molecule has 0 bridgehead atoms. The van der Waals surface area contributed by atoms with Crippen LogP contribution in [-0.4, -0.2) is 15.0 Å². The molecule has 10 rings (SSSR count). The molecule has 5 heteroatoms. The van der Waals surface area contributed by atoms with E-state index >= 15 is 0 Å². The quantitative estimate of drug-likeness (QED) is 0.177. The molecule has 0 spiro atoms. The summed E-state index contributed by atoms with van der Waals surface area (Å²) in [5.41, 5.74) is 10.5. The summed E-state index contributed by atoms with van der Waals surface area (Å²) in [7, 11) is 0. The second-order valence-corrected chi connectivity index (χ2v) is 13.0. The van der Waals surface area contributed by atoms with Gasteiger partial charge in [0.25, 0.3) is 0 Å². The van der Waals surface area contributed by atoms with E-state index in [4.69, 9.17) is 19.4 Å². The number of hydrogen-bond donors (Lipinski definition) is 0. The predicted octanol–water partition coefficient (Wildman–Crippen LogP) is 12.5. The van der Waals surface area contributed by atoms with Crippen LogP contribution < -0.4 is 4.90 Å². The first-order valence-corrected chi connectivity index (χ1v) is 17.3. The van der Waals surface area contributed by atoms with Crippen LogP contribution in [-0.2, 0) is 0 Å². The molecule has 0 aliphatic carbocycles. The summed E-state index contributed by atoms with van der Waals surface area (Å²) >= 11 is 0. The number of hydrogen-bond acceptors (Lipinski definition) is 5. The second kappa shape index (κ2) is 12.3. The lowest BCUT2D eigenvalue weighted by Gasteiger charge is -2.26. The van der Waals surface area contributed by atoms with Crippen molar-refractivity contribution < 1.29 is 4.42 Å². The largest absolute Gasteiger partial charge is 0.438 e. The number of rotatable bonds is 6. The van der Waals surface area contributed by atoms with Crippen LogP contribution in [0.2, 0.25) is 0 Å². The smallest absolute Gasteiger partial charge is 0.227 e. The van der Waals surface area contributed by atoms with E-state index in [2.05, 4.69) is 144 Å². The van der Waals surface area contributed by atoms with Crippen LogP contribution in [0, 0.1) is 0 Å². The molecule has 0 aliphatic heterocycles. The van der Waals surface area contributed by atoms with E-state index in [0.717, 1.165) is 78.0 Å². The lowest BCUT2D eigenvalue weighted by Crippen LogP contribution is -2.09. The molecular formula is C47H30N4O. The molecular weight excluding hydrogens is 637 g/mol. The zero-order valence-corrected chi connectivity index (χ0v) is 28.0. The normalized spacial score (nSPS) is 11.5. The van der Waals surface area contributed by atoms with Crippen molar-refractivity contribution in [3.05, 3.63) is 182 Å². The van der Waals surface area contributed by atoms with Crippen LogP contribution in [0.4, 0.5) is 17.1 Å². The van der Waals surface area contributed by atoms with Crippen LogP contribution in [0.25, 0.3) is 77.4 Å². The third kappa shape index (κ3) is 5.32. The number of nitrogens with zero attached hydrogens (tertiary/aromatic N) is 4. The molecule has 0 saturated carbocycles. The fourth-order valence-electron chi connectivity index (χ4n) is 7.04. The zero-order chi connectivity index (χ0) is 34.4. The van der Waals surface area contributed by atoms with Gasteiger partial charge in [-0.05, 0) is 77.5 Å². The Kier molecular flexibility index (Phi) is 7.07. The van der Waals surface area contributed by atoms with E-state index in [1.165, 1.54) is 10.8 Å². The van der Waals surface area contributed by atoms with Crippen molar-refractivity contribution in [2.75, 3.05) is 4.90 Å². The SMILES string of the molecule is c1ccc2cc(-c3ccc(N(c4ccc(-c5cc6ccccc6cn5)cc4)c4ccc(-c5ccc6c(n5)oc5ccccc56)cc4)cc3)ncc2c1. The van der Waals surface area contributed by atoms with Gasteiger partial charge in [-0.1, -0.05) is 103 Å². The van der Waals surface area contributed by atoms with E-state index < -0.39 is 0 Å². The molecule has 0 aliphatic rings.